The van der Waals surface area contributed by atoms with Crippen LogP contribution < -0.4 is 10.5 Å². The maximum absolute atomic E-state index is 12.3. The van der Waals surface area contributed by atoms with Gasteiger partial charge in [0.15, 0.2) is 0 Å². The van der Waals surface area contributed by atoms with Crippen LogP contribution in [0.2, 0.25) is 0 Å². The van der Waals surface area contributed by atoms with E-state index >= 15 is 0 Å². The first-order chi connectivity index (χ1) is 9.94. The van der Waals surface area contributed by atoms with Crippen molar-refractivity contribution in [1.82, 2.24) is 9.78 Å². The Kier molecular flexibility index (Phi) is 2.97. The molecule has 0 unspecified atom stereocenters. The summed E-state index contributed by atoms with van der Waals surface area (Å²) in [5.74, 6) is -0.299. The van der Waals surface area contributed by atoms with Crippen molar-refractivity contribution in [2.45, 2.75) is 6.36 Å². The second kappa shape index (κ2) is 4.69. The summed E-state index contributed by atoms with van der Waals surface area (Å²) in [5, 5.41) is 4.90. The van der Waals surface area contributed by atoms with E-state index < -0.39 is 6.36 Å². The number of fused-ring (bicyclic) bond motifs is 1. The van der Waals surface area contributed by atoms with Gasteiger partial charge in [0, 0.05) is 17.1 Å². The number of anilines is 1. The highest BCUT2D eigenvalue weighted by atomic mass is 19.4. The van der Waals surface area contributed by atoms with Crippen molar-refractivity contribution >= 4 is 16.6 Å². The zero-order valence-corrected chi connectivity index (χ0v) is 10.6. The van der Waals surface area contributed by atoms with E-state index in [2.05, 4.69) is 9.84 Å². The zero-order valence-electron chi connectivity index (χ0n) is 10.6. The summed E-state index contributed by atoms with van der Waals surface area (Å²) in [6, 6.07) is 10.9. The first-order valence-electron chi connectivity index (χ1n) is 6.02. The summed E-state index contributed by atoms with van der Waals surface area (Å²) in [6.07, 6.45) is -3.16. The van der Waals surface area contributed by atoms with Gasteiger partial charge >= 0.3 is 6.36 Å². The Balaban J connectivity index is 2.07. The number of hydrogen-bond donors (Lipinski definition) is 1. The smallest absolute Gasteiger partial charge is 0.406 e. The predicted molar refractivity (Wildman–Crippen MR) is 72.2 cm³/mol. The monoisotopic (exact) mass is 293 g/mol. The van der Waals surface area contributed by atoms with Crippen molar-refractivity contribution in [2.75, 3.05) is 5.73 Å². The van der Waals surface area contributed by atoms with E-state index in [1.54, 1.807) is 30.5 Å². The van der Waals surface area contributed by atoms with Crippen LogP contribution in [0.15, 0.2) is 48.7 Å². The average Bonchev–Trinajstić information content (AvgIpc) is 2.82. The Hall–Kier alpha value is -2.70. The summed E-state index contributed by atoms with van der Waals surface area (Å²) >= 11 is 0. The third kappa shape index (κ3) is 2.62. The number of benzene rings is 2. The van der Waals surface area contributed by atoms with Gasteiger partial charge in [0.1, 0.15) is 5.75 Å². The number of nitrogen functional groups attached to an aromatic ring is 1. The van der Waals surface area contributed by atoms with Crippen molar-refractivity contribution in [3.8, 4) is 11.4 Å². The van der Waals surface area contributed by atoms with Gasteiger partial charge in [0.25, 0.3) is 0 Å². The van der Waals surface area contributed by atoms with E-state index in [-0.39, 0.29) is 5.75 Å². The first-order valence-corrected chi connectivity index (χ1v) is 6.02. The van der Waals surface area contributed by atoms with Crippen LogP contribution in [0.4, 0.5) is 18.9 Å². The molecule has 0 spiro atoms. The Morgan fingerprint density at radius 3 is 2.62 bits per heavy atom. The predicted octanol–water partition coefficient (Wildman–Crippen LogP) is 3.51. The lowest BCUT2D eigenvalue weighted by molar-refractivity contribution is -0.274. The number of rotatable bonds is 2. The number of nitrogens with zero attached hydrogens (tertiary/aromatic N) is 2. The van der Waals surface area contributed by atoms with Crippen LogP contribution in [0.1, 0.15) is 0 Å². The van der Waals surface area contributed by atoms with Gasteiger partial charge < -0.3 is 10.5 Å². The van der Waals surface area contributed by atoms with Crippen molar-refractivity contribution in [3.63, 3.8) is 0 Å². The van der Waals surface area contributed by atoms with E-state index in [4.69, 9.17) is 5.73 Å². The quantitative estimate of drug-likeness (QED) is 0.736. The van der Waals surface area contributed by atoms with Gasteiger partial charge in [-0.25, -0.2) is 4.68 Å². The van der Waals surface area contributed by atoms with Crippen LogP contribution in [0.5, 0.6) is 5.75 Å². The lowest BCUT2D eigenvalue weighted by Gasteiger charge is -2.10. The number of nitrogens with two attached hydrogens (primary N) is 1. The summed E-state index contributed by atoms with van der Waals surface area (Å²) in [6.45, 7) is 0. The van der Waals surface area contributed by atoms with Crippen LogP contribution in [0.3, 0.4) is 0 Å². The van der Waals surface area contributed by atoms with Gasteiger partial charge in [-0.3, -0.25) is 0 Å². The molecular weight excluding hydrogens is 283 g/mol. The van der Waals surface area contributed by atoms with E-state index in [9.17, 15) is 13.2 Å². The van der Waals surface area contributed by atoms with Crippen LogP contribution in [0, 0.1) is 0 Å². The van der Waals surface area contributed by atoms with E-state index in [0.29, 0.717) is 16.9 Å². The molecule has 1 heterocycles. The Bertz CT molecular complexity index is 796. The summed E-state index contributed by atoms with van der Waals surface area (Å²) in [5.41, 5.74) is 7.55. The van der Waals surface area contributed by atoms with Gasteiger partial charge in [0.2, 0.25) is 0 Å². The Labute approximate surface area is 117 Å². The standard InChI is InChI=1S/C14H10F3N3O/c15-14(16,17)21-10-4-1-3-9(7-10)20-13-6-2-5-12(18)11(13)8-19-20/h1-8H,18H2. The molecule has 0 saturated heterocycles. The molecule has 0 radical (unpaired) electrons. The number of halogens is 3. The lowest BCUT2D eigenvalue weighted by atomic mass is 10.2. The Morgan fingerprint density at radius 1 is 1.10 bits per heavy atom. The van der Waals surface area contributed by atoms with Gasteiger partial charge in [0.05, 0.1) is 17.4 Å². The van der Waals surface area contributed by atoms with Gasteiger partial charge in [-0.1, -0.05) is 12.1 Å². The third-order valence-corrected chi connectivity index (χ3v) is 2.94. The fraction of sp³-hybridized carbons (Fsp3) is 0.0714. The molecule has 108 valence electrons. The van der Waals surface area contributed by atoms with Gasteiger partial charge in [-0.15, -0.1) is 13.2 Å². The molecule has 0 aliphatic carbocycles. The Morgan fingerprint density at radius 2 is 1.86 bits per heavy atom. The van der Waals surface area contributed by atoms with Crippen molar-refractivity contribution in [3.05, 3.63) is 48.7 Å². The minimum Gasteiger partial charge on any atom is -0.406 e. The molecule has 0 aliphatic heterocycles. The molecule has 2 N–H and O–H groups in total. The van der Waals surface area contributed by atoms with Crippen LogP contribution in [-0.2, 0) is 0 Å². The summed E-state index contributed by atoms with van der Waals surface area (Å²) in [7, 11) is 0. The van der Waals surface area contributed by atoms with E-state index in [1.807, 2.05) is 0 Å². The molecule has 1 aromatic heterocycles. The fourth-order valence-corrected chi connectivity index (χ4v) is 2.09. The number of ether oxygens (including phenoxy) is 1. The van der Waals surface area contributed by atoms with Gasteiger partial charge in [-0.2, -0.15) is 5.10 Å². The molecule has 4 nitrogen and oxygen atoms in total. The molecule has 21 heavy (non-hydrogen) atoms. The third-order valence-electron chi connectivity index (χ3n) is 2.94. The number of aromatic nitrogens is 2. The van der Waals surface area contributed by atoms with Crippen LogP contribution in [-0.4, -0.2) is 16.1 Å². The highest BCUT2D eigenvalue weighted by Gasteiger charge is 2.31. The van der Waals surface area contributed by atoms with Crippen molar-refractivity contribution in [2.24, 2.45) is 0 Å². The fourth-order valence-electron chi connectivity index (χ4n) is 2.09. The topological polar surface area (TPSA) is 53.1 Å². The second-order valence-electron chi connectivity index (χ2n) is 4.38. The molecule has 0 amide bonds. The molecule has 7 heteroatoms. The zero-order chi connectivity index (χ0) is 15.0. The minimum atomic E-state index is -4.73. The number of alkyl halides is 3. The molecule has 3 rings (SSSR count). The first kappa shape index (κ1) is 13.3. The lowest BCUT2D eigenvalue weighted by Crippen LogP contribution is -2.17. The van der Waals surface area contributed by atoms with Crippen molar-refractivity contribution in [1.29, 1.82) is 0 Å². The highest BCUT2D eigenvalue weighted by molar-refractivity contribution is 5.91. The molecule has 0 aliphatic rings. The maximum atomic E-state index is 12.3. The van der Waals surface area contributed by atoms with Gasteiger partial charge in [-0.05, 0) is 24.3 Å². The highest BCUT2D eigenvalue weighted by Crippen LogP contribution is 2.27. The average molecular weight is 293 g/mol. The maximum Gasteiger partial charge on any atom is 0.573 e. The summed E-state index contributed by atoms with van der Waals surface area (Å²) in [4.78, 5) is 0. The molecular formula is C14H10F3N3O. The van der Waals surface area contributed by atoms with Crippen molar-refractivity contribution < 1.29 is 17.9 Å². The van der Waals surface area contributed by atoms with Crippen LogP contribution >= 0.6 is 0 Å². The molecule has 0 fully saturated rings. The number of hydrogen-bond acceptors (Lipinski definition) is 3. The summed E-state index contributed by atoms with van der Waals surface area (Å²) < 4.78 is 42.2. The second-order valence-corrected chi connectivity index (χ2v) is 4.38. The minimum absolute atomic E-state index is 0.299. The van der Waals surface area contributed by atoms with E-state index in [0.717, 1.165) is 5.39 Å². The largest absolute Gasteiger partial charge is 0.573 e. The molecule has 3 aromatic rings. The normalized spacial score (nSPS) is 11.8. The SMILES string of the molecule is Nc1cccc2c1cnn2-c1cccc(OC(F)(F)F)c1. The molecule has 2 aromatic carbocycles. The molecule has 0 bridgehead atoms. The van der Waals surface area contributed by atoms with E-state index in [1.165, 1.54) is 22.9 Å². The van der Waals surface area contributed by atoms with Crippen LogP contribution in [0.25, 0.3) is 16.6 Å². The molecule has 0 atom stereocenters. The molecule has 0 saturated carbocycles.